The fourth-order valence-corrected chi connectivity index (χ4v) is 3.46. The number of aromatic hydroxyl groups is 3. The first kappa shape index (κ1) is 18.3. The molecule has 0 aromatic heterocycles. The molecule has 0 radical (unpaired) electrons. The Bertz CT molecular complexity index is 767. The summed E-state index contributed by atoms with van der Waals surface area (Å²) in [6.07, 6.45) is -1.27. The van der Waals surface area contributed by atoms with Crippen LogP contribution in [0.3, 0.4) is 0 Å². The van der Waals surface area contributed by atoms with Gasteiger partial charge in [0.05, 0.1) is 11.4 Å². The van der Waals surface area contributed by atoms with Crippen LogP contribution < -0.4 is 5.30 Å². The van der Waals surface area contributed by atoms with Crippen LogP contribution in [0.1, 0.15) is 36.5 Å². The van der Waals surface area contributed by atoms with Crippen LogP contribution in [-0.4, -0.2) is 30.2 Å². The summed E-state index contributed by atoms with van der Waals surface area (Å²) >= 11 is 0. The highest BCUT2D eigenvalue weighted by molar-refractivity contribution is 7.60. The Morgan fingerprint density at radius 2 is 1.58 bits per heavy atom. The van der Waals surface area contributed by atoms with Crippen LogP contribution in [0.5, 0.6) is 17.2 Å². The summed E-state index contributed by atoms with van der Waals surface area (Å²) in [5, 5.41) is 38.4. The molecule has 0 amide bonds. The van der Waals surface area contributed by atoms with Crippen LogP contribution in [0, 0.1) is 0 Å². The molecule has 0 saturated carbocycles. The highest BCUT2D eigenvalue weighted by Gasteiger charge is 2.29. The van der Waals surface area contributed by atoms with Gasteiger partial charge in [0.25, 0.3) is 0 Å². The van der Waals surface area contributed by atoms with E-state index in [0.29, 0.717) is 0 Å². The van der Waals surface area contributed by atoms with Crippen molar-refractivity contribution in [1.29, 1.82) is 0 Å². The first-order valence-electron chi connectivity index (χ1n) is 7.18. The molecular weight excluding hydrogens is 335 g/mol. The molecule has 0 saturated heterocycles. The fourth-order valence-electron chi connectivity index (χ4n) is 2.58. The molecule has 6 N–H and O–H groups in total. The minimum Gasteiger partial charge on any atom is -0.508 e. The predicted molar refractivity (Wildman–Crippen MR) is 87.5 cm³/mol. The minimum absolute atomic E-state index is 0.0795. The zero-order valence-electron chi connectivity index (χ0n) is 12.9. The molecule has 2 unspecified atom stereocenters. The lowest BCUT2D eigenvalue weighted by molar-refractivity contribution is 0.156. The van der Waals surface area contributed by atoms with Crippen LogP contribution in [0.4, 0.5) is 0 Å². The SMILES string of the molecule is CC(CC(O)c1c(O)cc(O)cc1P(=O)(O)O)c1ccc(O)cc1. The zero-order valence-corrected chi connectivity index (χ0v) is 13.8. The molecule has 2 aromatic rings. The number of phenolic OH excluding ortho intramolecular Hbond substituents is 3. The molecule has 7 nitrogen and oxygen atoms in total. The monoisotopic (exact) mass is 354 g/mol. The first-order chi connectivity index (χ1) is 11.1. The average molecular weight is 354 g/mol. The van der Waals surface area contributed by atoms with Gasteiger partial charge in [-0.15, -0.1) is 0 Å². The zero-order chi connectivity index (χ0) is 18.1. The largest absolute Gasteiger partial charge is 0.508 e. The summed E-state index contributed by atoms with van der Waals surface area (Å²) in [5.41, 5.74) is 0.509. The molecule has 8 heteroatoms. The molecule has 0 aliphatic rings. The molecule has 2 aromatic carbocycles. The standard InChI is InChI=1S/C16H19O7P/c1-9(10-2-4-11(17)5-3-10)6-13(19)16-14(20)7-12(18)8-15(16)24(21,22)23/h2-5,7-9,13,17-20H,6H2,1H3,(H2,21,22,23). The normalized spacial score (nSPS) is 14.3. The summed E-state index contributed by atoms with van der Waals surface area (Å²) in [6.45, 7) is 1.80. The fraction of sp³-hybridized carbons (Fsp3) is 0.250. The highest BCUT2D eigenvalue weighted by atomic mass is 31.2. The van der Waals surface area contributed by atoms with Crippen molar-refractivity contribution in [2.45, 2.75) is 25.4 Å². The van der Waals surface area contributed by atoms with E-state index in [1.807, 2.05) is 0 Å². The van der Waals surface area contributed by atoms with Crippen molar-refractivity contribution in [2.24, 2.45) is 0 Å². The van der Waals surface area contributed by atoms with Crippen molar-refractivity contribution in [2.75, 3.05) is 0 Å². The van der Waals surface area contributed by atoms with Gasteiger partial charge in [0.2, 0.25) is 0 Å². The summed E-state index contributed by atoms with van der Waals surface area (Å²) < 4.78 is 11.6. The molecule has 0 heterocycles. The number of hydrogen-bond acceptors (Lipinski definition) is 5. The Labute approximate surface area is 138 Å². The van der Waals surface area contributed by atoms with Gasteiger partial charge < -0.3 is 30.2 Å². The Balaban J connectivity index is 2.34. The second-order valence-electron chi connectivity index (χ2n) is 5.69. The molecule has 0 spiro atoms. The molecule has 24 heavy (non-hydrogen) atoms. The van der Waals surface area contributed by atoms with Crippen LogP contribution in [0.2, 0.25) is 0 Å². The third-order valence-electron chi connectivity index (χ3n) is 3.81. The third-order valence-corrected chi connectivity index (χ3v) is 4.80. The van der Waals surface area contributed by atoms with Gasteiger partial charge >= 0.3 is 7.60 Å². The van der Waals surface area contributed by atoms with Crippen molar-refractivity contribution in [3.8, 4) is 17.2 Å². The Kier molecular flexibility index (Phi) is 5.20. The van der Waals surface area contributed by atoms with Crippen LogP contribution in [0.15, 0.2) is 36.4 Å². The van der Waals surface area contributed by atoms with Gasteiger partial charge in [0, 0.05) is 11.6 Å². The van der Waals surface area contributed by atoms with E-state index >= 15 is 0 Å². The van der Waals surface area contributed by atoms with Gasteiger partial charge in [-0.05, 0) is 36.1 Å². The Morgan fingerprint density at radius 3 is 2.12 bits per heavy atom. The highest BCUT2D eigenvalue weighted by Crippen LogP contribution is 2.42. The molecule has 130 valence electrons. The molecule has 2 atom stereocenters. The number of aliphatic hydroxyl groups is 1. The second kappa shape index (κ2) is 6.83. The van der Waals surface area contributed by atoms with Crippen molar-refractivity contribution >= 4 is 12.9 Å². The topological polar surface area (TPSA) is 138 Å². The molecule has 0 fully saturated rings. The predicted octanol–water partition coefficient (Wildman–Crippen LogP) is 1.83. The summed E-state index contributed by atoms with van der Waals surface area (Å²) in [4.78, 5) is 18.8. The molecule has 2 rings (SSSR count). The van der Waals surface area contributed by atoms with Gasteiger partial charge in [-0.3, -0.25) is 4.57 Å². The van der Waals surface area contributed by atoms with E-state index in [1.165, 1.54) is 12.1 Å². The van der Waals surface area contributed by atoms with E-state index in [9.17, 15) is 34.8 Å². The number of aliphatic hydroxyl groups excluding tert-OH is 1. The van der Waals surface area contributed by atoms with Crippen LogP contribution >= 0.6 is 7.60 Å². The van der Waals surface area contributed by atoms with Crippen molar-refractivity contribution in [3.05, 3.63) is 47.5 Å². The molecule has 0 bridgehead atoms. The summed E-state index contributed by atoms with van der Waals surface area (Å²) in [7, 11) is -4.80. The van der Waals surface area contributed by atoms with Crippen molar-refractivity contribution in [3.63, 3.8) is 0 Å². The van der Waals surface area contributed by atoms with Gasteiger partial charge in [-0.2, -0.15) is 0 Å². The first-order valence-corrected chi connectivity index (χ1v) is 8.79. The maximum absolute atomic E-state index is 11.6. The lowest BCUT2D eigenvalue weighted by atomic mass is 9.92. The Morgan fingerprint density at radius 1 is 1.00 bits per heavy atom. The van der Waals surface area contributed by atoms with E-state index < -0.39 is 30.5 Å². The van der Waals surface area contributed by atoms with Gasteiger partial charge in [0.15, 0.2) is 0 Å². The molecular formula is C16H19O7P. The lowest BCUT2D eigenvalue weighted by Crippen LogP contribution is -2.16. The summed E-state index contributed by atoms with van der Waals surface area (Å²) in [6, 6.07) is 8.10. The van der Waals surface area contributed by atoms with Gasteiger partial charge in [-0.1, -0.05) is 19.1 Å². The number of phenols is 3. The second-order valence-corrected chi connectivity index (χ2v) is 7.26. The van der Waals surface area contributed by atoms with E-state index in [0.717, 1.165) is 17.7 Å². The van der Waals surface area contributed by atoms with E-state index in [4.69, 9.17) is 0 Å². The van der Waals surface area contributed by atoms with Crippen molar-refractivity contribution in [1.82, 2.24) is 0 Å². The number of rotatable bonds is 5. The van der Waals surface area contributed by atoms with E-state index in [-0.39, 0.29) is 23.7 Å². The van der Waals surface area contributed by atoms with Crippen LogP contribution in [0.25, 0.3) is 0 Å². The summed E-state index contributed by atoms with van der Waals surface area (Å²) in [5.74, 6) is -1.20. The number of hydrogen-bond donors (Lipinski definition) is 6. The molecule has 0 aliphatic heterocycles. The van der Waals surface area contributed by atoms with Gasteiger partial charge in [0.1, 0.15) is 17.2 Å². The maximum Gasteiger partial charge on any atom is 0.356 e. The third kappa shape index (κ3) is 4.07. The average Bonchev–Trinajstić information content (AvgIpc) is 2.45. The number of benzene rings is 2. The Hall–Kier alpha value is -2.05. The quantitative estimate of drug-likeness (QED) is 0.450. The van der Waals surface area contributed by atoms with Crippen molar-refractivity contribution < 1.29 is 34.8 Å². The van der Waals surface area contributed by atoms with E-state index in [1.54, 1.807) is 19.1 Å². The van der Waals surface area contributed by atoms with Gasteiger partial charge in [-0.25, -0.2) is 0 Å². The van der Waals surface area contributed by atoms with E-state index in [2.05, 4.69) is 0 Å². The lowest BCUT2D eigenvalue weighted by Gasteiger charge is -2.21. The smallest absolute Gasteiger partial charge is 0.356 e. The van der Waals surface area contributed by atoms with Crippen LogP contribution in [-0.2, 0) is 4.57 Å². The minimum atomic E-state index is -4.80. The maximum atomic E-state index is 11.6. The molecule has 0 aliphatic carbocycles.